The fourth-order valence-corrected chi connectivity index (χ4v) is 3.68. The number of rotatable bonds is 7. The zero-order chi connectivity index (χ0) is 19.1. The van der Waals surface area contributed by atoms with Crippen molar-refractivity contribution in [1.29, 1.82) is 0 Å². The van der Waals surface area contributed by atoms with Crippen LogP contribution >= 0.6 is 23.1 Å². The lowest BCUT2D eigenvalue weighted by Crippen LogP contribution is -2.18. The molecule has 0 saturated heterocycles. The third-order valence-electron chi connectivity index (χ3n) is 3.67. The molecular weight excluding hydrogens is 380 g/mol. The van der Waals surface area contributed by atoms with Crippen molar-refractivity contribution < 1.29 is 9.53 Å². The lowest BCUT2D eigenvalue weighted by Gasteiger charge is -2.10. The van der Waals surface area contributed by atoms with E-state index in [-0.39, 0.29) is 5.91 Å². The van der Waals surface area contributed by atoms with Crippen LogP contribution in [0.25, 0.3) is 0 Å². The summed E-state index contributed by atoms with van der Waals surface area (Å²) in [7, 11) is 1.64. The first-order valence-electron chi connectivity index (χ1n) is 8.12. The summed E-state index contributed by atoms with van der Waals surface area (Å²) in [6, 6.07) is 11.2. The molecule has 27 heavy (non-hydrogen) atoms. The van der Waals surface area contributed by atoms with E-state index in [1.54, 1.807) is 31.6 Å². The minimum Gasteiger partial charge on any atom is -0.496 e. The molecule has 0 unspecified atom stereocenters. The summed E-state index contributed by atoms with van der Waals surface area (Å²) in [4.78, 5) is 21.1. The monoisotopic (exact) mass is 398 g/mol. The second-order valence-electron chi connectivity index (χ2n) is 5.46. The number of ether oxygens (including phenoxy) is 1. The summed E-state index contributed by atoms with van der Waals surface area (Å²) < 4.78 is 5.45. The van der Waals surface area contributed by atoms with E-state index in [2.05, 4.69) is 20.5 Å². The number of thiophene rings is 1. The highest BCUT2D eigenvalue weighted by Gasteiger charge is 2.09. The molecule has 3 rings (SSSR count). The molecule has 0 radical (unpaired) electrons. The molecule has 8 heteroatoms. The van der Waals surface area contributed by atoms with Gasteiger partial charge in [0.1, 0.15) is 5.75 Å². The maximum absolute atomic E-state index is 12.0. The molecule has 0 bridgehead atoms. The zero-order valence-electron chi connectivity index (χ0n) is 14.9. The Labute approximate surface area is 165 Å². The molecule has 138 valence electrons. The molecule has 2 heterocycles. The number of carbonyl (C=O) groups is 1. The van der Waals surface area contributed by atoms with E-state index in [1.165, 1.54) is 23.1 Å². The van der Waals surface area contributed by atoms with Crippen molar-refractivity contribution in [3.05, 3.63) is 70.2 Å². The van der Waals surface area contributed by atoms with E-state index in [9.17, 15) is 4.79 Å². The number of nitrogens with zero attached hydrogens (tertiary/aromatic N) is 3. The fourth-order valence-electron chi connectivity index (χ4n) is 2.28. The van der Waals surface area contributed by atoms with Gasteiger partial charge in [-0.15, -0.1) is 11.3 Å². The molecule has 0 fully saturated rings. The molecule has 0 aliphatic rings. The summed E-state index contributed by atoms with van der Waals surface area (Å²) in [5.74, 6) is 1.24. The summed E-state index contributed by atoms with van der Waals surface area (Å²) in [6.07, 6.45) is 3.44. The number of amides is 1. The average Bonchev–Trinajstić information content (AvgIpc) is 3.25. The molecule has 0 atom stereocenters. The van der Waals surface area contributed by atoms with Crippen LogP contribution in [-0.4, -0.2) is 28.7 Å². The zero-order valence-corrected chi connectivity index (χ0v) is 16.5. The Morgan fingerprint density at radius 1 is 1.26 bits per heavy atom. The predicted octanol–water partition coefficient (Wildman–Crippen LogP) is 3.99. The normalized spacial score (nSPS) is 11.3. The Kier molecular flexibility index (Phi) is 6.56. The molecule has 3 aromatic rings. The minimum absolute atomic E-state index is 0.213. The van der Waals surface area contributed by atoms with E-state index in [1.807, 2.05) is 36.6 Å². The SMILES string of the molecule is COc1ccc(C(C)=NNC(=O)c2cccs2)cc1CSc1ncccn1. The molecule has 0 aliphatic heterocycles. The molecule has 0 spiro atoms. The van der Waals surface area contributed by atoms with Gasteiger partial charge in [-0.3, -0.25) is 4.79 Å². The quantitative estimate of drug-likeness (QED) is 0.282. The van der Waals surface area contributed by atoms with Crippen molar-refractivity contribution in [3.63, 3.8) is 0 Å². The topological polar surface area (TPSA) is 76.5 Å². The van der Waals surface area contributed by atoms with Crippen LogP contribution in [0.5, 0.6) is 5.75 Å². The number of thioether (sulfide) groups is 1. The van der Waals surface area contributed by atoms with E-state index >= 15 is 0 Å². The molecule has 0 saturated carbocycles. The fraction of sp³-hybridized carbons (Fsp3) is 0.158. The third kappa shape index (κ3) is 5.15. The van der Waals surface area contributed by atoms with Crippen LogP contribution < -0.4 is 10.2 Å². The highest BCUT2D eigenvalue weighted by molar-refractivity contribution is 7.98. The number of hydrazone groups is 1. The van der Waals surface area contributed by atoms with Crippen molar-refractivity contribution in [2.75, 3.05) is 7.11 Å². The molecule has 1 amide bonds. The van der Waals surface area contributed by atoms with E-state index in [0.717, 1.165) is 16.9 Å². The van der Waals surface area contributed by atoms with Gasteiger partial charge in [0.05, 0.1) is 17.7 Å². The summed E-state index contributed by atoms with van der Waals surface area (Å²) in [5.41, 5.74) is 5.22. The maximum Gasteiger partial charge on any atom is 0.281 e. The number of benzene rings is 1. The lowest BCUT2D eigenvalue weighted by atomic mass is 10.1. The van der Waals surface area contributed by atoms with Gasteiger partial charge in [-0.2, -0.15) is 5.10 Å². The first-order chi connectivity index (χ1) is 13.2. The third-order valence-corrected chi connectivity index (χ3v) is 5.46. The van der Waals surface area contributed by atoms with Crippen molar-refractivity contribution >= 4 is 34.7 Å². The van der Waals surface area contributed by atoms with Crippen LogP contribution in [0.1, 0.15) is 27.7 Å². The van der Waals surface area contributed by atoms with Crippen LogP contribution in [0.4, 0.5) is 0 Å². The van der Waals surface area contributed by atoms with Gasteiger partial charge in [0, 0.05) is 23.7 Å². The number of hydrogen-bond donors (Lipinski definition) is 1. The Hall–Kier alpha value is -2.71. The van der Waals surface area contributed by atoms with E-state index in [4.69, 9.17) is 4.74 Å². The van der Waals surface area contributed by atoms with Gasteiger partial charge in [-0.1, -0.05) is 17.8 Å². The second kappa shape index (κ2) is 9.29. The van der Waals surface area contributed by atoms with Crippen LogP contribution in [0, 0.1) is 0 Å². The van der Waals surface area contributed by atoms with Crippen molar-refractivity contribution in [2.45, 2.75) is 17.8 Å². The highest BCUT2D eigenvalue weighted by atomic mass is 32.2. The number of carbonyl (C=O) groups excluding carboxylic acids is 1. The van der Waals surface area contributed by atoms with Gasteiger partial charge >= 0.3 is 0 Å². The van der Waals surface area contributed by atoms with Gasteiger partial charge in [-0.05, 0) is 48.2 Å². The van der Waals surface area contributed by atoms with Gasteiger partial charge in [0.15, 0.2) is 5.16 Å². The Bertz CT molecular complexity index is 928. The van der Waals surface area contributed by atoms with E-state index in [0.29, 0.717) is 21.5 Å². The summed E-state index contributed by atoms with van der Waals surface area (Å²) in [5, 5.41) is 6.78. The number of methoxy groups -OCH3 is 1. The summed E-state index contributed by atoms with van der Waals surface area (Å²) in [6.45, 7) is 1.85. The first-order valence-corrected chi connectivity index (χ1v) is 9.99. The Morgan fingerprint density at radius 2 is 2.07 bits per heavy atom. The van der Waals surface area contributed by atoms with Gasteiger partial charge < -0.3 is 4.74 Å². The van der Waals surface area contributed by atoms with Crippen molar-refractivity contribution in [1.82, 2.24) is 15.4 Å². The van der Waals surface area contributed by atoms with E-state index < -0.39 is 0 Å². The number of hydrogen-bond acceptors (Lipinski definition) is 7. The van der Waals surface area contributed by atoms with Crippen LogP contribution in [0.2, 0.25) is 0 Å². The average molecular weight is 399 g/mol. The van der Waals surface area contributed by atoms with Crippen LogP contribution in [-0.2, 0) is 5.75 Å². The molecule has 1 N–H and O–H groups in total. The summed E-state index contributed by atoms with van der Waals surface area (Å²) >= 11 is 2.91. The van der Waals surface area contributed by atoms with Crippen LogP contribution in [0.3, 0.4) is 0 Å². The maximum atomic E-state index is 12.0. The van der Waals surface area contributed by atoms with Gasteiger partial charge in [0.25, 0.3) is 5.91 Å². The molecule has 6 nitrogen and oxygen atoms in total. The second-order valence-corrected chi connectivity index (χ2v) is 7.35. The minimum atomic E-state index is -0.213. The van der Waals surface area contributed by atoms with Crippen molar-refractivity contribution in [2.24, 2.45) is 5.10 Å². The van der Waals surface area contributed by atoms with Crippen LogP contribution in [0.15, 0.2) is 64.4 Å². The highest BCUT2D eigenvalue weighted by Crippen LogP contribution is 2.27. The van der Waals surface area contributed by atoms with Gasteiger partial charge in [-0.25, -0.2) is 15.4 Å². The molecule has 1 aromatic carbocycles. The van der Waals surface area contributed by atoms with Crippen molar-refractivity contribution in [3.8, 4) is 5.75 Å². The number of nitrogens with one attached hydrogen (secondary N) is 1. The van der Waals surface area contributed by atoms with Gasteiger partial charge in [0.2, 0.25) is 0 Å². The molecular formula is C19H18N4O2S2. The lowest BCUT2D eigenvalue weighted by molar-refractivity contribution is 0.0959. The predicted molar refractivity (Wildman–Crippen MR) is 109 cm³/mol. The standard InChI is InChI=1S/C19H18N4O2S2/c1-13(22-23-18(24)17-5-3-10-26-17)14-6-7-16(25-2)15(11-14)12-27-19-20-8-4-9-21-19/h3-11H,12H2,1-2H3,(H,23,24). The Balaban J connectivity index is 1.73. The molecule has 2 aromatic heterocycles. The first kappa shape index (κ1) is 19.1. The largest absolute Gasteiger partial charge is 0.496 e. The molecule has 0 aliphatic carbocycles. The smallest absolute Gasteiger partial charge is 0.281 e. The Morgan fingerprint density at radius 3 is 2.78 bits per heavy atom. The number of aromatic nitrogens is 2.